The lowest BCUT2D eigenvalue weighted by atomic mass is 10.2. The Bertz CT molecular complexity index is 451. The fourth-order valence-electron chi connectivity index (χ4n) is 1.17. The second-order valence-corrected chi connectivity index (χ2v) is 3.24. The van der Waals surface area contributed by atoms with Gasteiger partial charge in [0.1, 0.15) is 6.04 Å². The fraction of sp³-hybridized carbons (Fsp3) is 0.300. The lowest BCUT2D eigenvalue weighted by molar-refractivity contribution is -0.139. The number of carbonyl (C=O) groups excluding carboxylic acids is 1. The molecule has 2 N–H and O–H groups in total. The molecule has 5 nitrogen and oxygen atoms in total. The summed E-state index contributed by atoms with van der Waals surface area (Å²) >= 11 is 0. The Morgan fingerprint density at radius 2 is 2.18 bits per heavy atom. The number of nitrogens with one attached hydrogen (secondary N) is 1. The second-order valence-electron chi connectivity index (χ2n) is 3.24. The number of halogens is 2. The molecular weight excluding hydrogens is 234 g/mol. The molecule has 0 saturated heterocycles. The molecule has 0 aliphatic rings. The van der Waals surface area contributed by atoms with Crippen molar-refractivity contribution in [1.29, 1.82) is 0 Å². The summed E-state index contributed by atoms with van der Waals surface area (Å²) in [5, 5.41) is 10.8. The molecule has 1 aromatic heterocycles. The van der Waals surface area contributed by atoms with Crippen LogP contribution in [0.2, 0.25) is 0 Å². The Morgan fingerprint density at radius 3 is 2.71 bits per heavy atom. The van der Waals surface area contributed by atoms with E-state index in [9.17, 15) is 18.4 Å². The zero-order chi connectivity index (χ0) is 13.0. The van der Waals surface area contributed by atoms with Crippen molar-refractivity contribution < 1.29 is 23.5 Å². The van der Waals surface area contributed by atoms with Crippen LogP contribution in [0.5, 0.6) is 0 Å². The van der Waals surface area contributed by atoms with Gasteiger partial charge < -0.3 is 10.4 Å². The first kappa shape index (κ1) is 13.0. The average Bonchev–Trinajstić information content (AvgIpc) is 2.28. The van der Waals surface area contributed by atoms with Crippen LogP contribution >= 0.6 is 0 Å². The predicted molar refractivity (Wildman–Crippen MR) is 53.3 cm³/mol. The maximum absolute atomic E-state index is 13.2. The molecule has 0 saturated carbocycles. The molecule has 7 heteroatoms. The van der Waals surface area contributed by atoms with Crippen LogP contribution in [0.25, 0.3) is 0 Å². The molecule has 0 spiro atoms. The van der Waals surface area contributed by atoms with Gasteiger partial charge in [0.15, 0.2) is 5.82 Å². The normalized spacial score (nSPS) is 11.9. The highest BCUT2D eigenvalue weighted by Gasteiger charge is 2.22. The summed E-state index contributed by atoms with van der Waals surface area (Å²) in [5.74, 6) is -5.03. The number of amides is 1. The van der Waals surface area contributed by atoms with Crippen molar-refractivity contribution in [1.82, 2.24) is 10.3 Å². The van der Waals surface area contributed by atoms with Gasteiger partial charge >= 0.3 is 5.97 Å². The quantitative estimate of drug-likeness (QED) is 0.773. The highest BCUT2D eigenvalue weighted by molar-refractivity contribution is 5.96. The molecule has 0 radical (unpaired) electrons. The summed E-state index contributed by atoms with van der Waals surface area (Å²) in [5.41, 5.74) is -0.572. The molecule has 0 aliphatic carbocycles. The summed E-state index contributed by atoms with van der Waals surface area (Å²) in [6.07, 6.45) is 1.06. The van der Waals surface area contributed by atoms with Crippen LogP contribution in [-0.4, -0.2) is 28.0 Å². The molecule has 0 fully saturated rings. The third kappa shape index (κ3) is 2.96. The largest absolute Gasteiger partial charge is 0.480 e. The van der Waals surface area contributed by atoms with Crippen LogP contribution in [0.4, 0.5) is 8.78 Å². The average molecular weight is 244 g/mol. The molecule has 92 valence electrons. The molecular formula is C10H10F2N2O3. The van der Waals surface area contributed by atoms with Crippen LogP contribution in [0.1, 0.15) is 23.7 Å². The second kappa shape index (κ2) is 5.33. The maximum atomic E-state index is 13.2. The zero-order valence-electron chi connectivity index (χ0n) is 8.91. The van der Waals surface area contributed by atoms with Gasteiger partial charge in [0, 0.05) is 6.20 Å². The van der Waals surface area contributed by atoms with Gasteiger partial charge in [-0.05, 0) is 12.5 Å². The van der Waals surface area contributed by atoms with Crippen molar-refractivity contribution in [2.75, 3.05) is 0 Å². The zero-order valence-corrected chi connectivity index (χ0v) is 8.91. The van der Waals surface area contributed by atoms with E-state index in [2.05, 4.69) is 10.3 Å². The minimum atomic E-state index is -1.40. The lowest BCUT2D eigenvalue weighted by Gasteiger charge is -2.12. The van der Waals surface area contributed by atoms with Crippen LogP contribution < -0.4 is 5.32 Å². The number of carboxylic acid groups (broad SMARTS) is 1. The van der Waals surface area contributed by atoms with Crippen LogP contribution in [0.3, 0.4) is 0 Å². The Balaban J connectivity index is 2.90. The van der Waals surface area contributed by atoms with E-state index in [1.165, 1.54) is 0 Å². The highest BCUT2D eigenvalue weighted by atomic mass is 19.2. The number of carboxylic acids is 1. The van der Waals surface area contributed by atoms with Crippen LogP contribution in [-0.2, 0) is 4.79 Å². The van der Waals surface area contributed by atoms with Crippen molar-refractivity contribution >= 4 is 11.9 Å². The van der Waals surface area contributed by atoms with Crippen molar-refractivity contribution in [2.24, 2.45) is 0 Å². The summed E-state index contributed by atoms with van der Waals surface area (Å²) < 4.78 is 25.9. The van der Waals surface area contributed by atoms with Gasteiger partial charge in [0.25, 0.3) is 5.91 Å². The summed E-state index contributed by atoms with van der Waals surface area (Å²) in [7, 11) is 0. The van der Waals surface area contributed by atoms with E-state index in [0.29, 0.717) is 0 Å². The molecule has 17 heavy (non-hydrogen) atoms. The molecule has 0 aliphatic heterocycles. The molecule has 1 atom stereocenters. The van der Waals surface area contributed by atoms with Crippen LogP contribution in [0, 0.1) is 11.8 Å². The topological polar surface area (TPSA) is 79.3 Å². The standard InChI is InChI=1S/C10H10F2N2O3/c1-2-6(10(16)17)14-9(15)5-3-4-13-8(12)7(5)11/h3-4,6H,2H2,1H3,(H,14,15)(H,16,17)/t6-/m0/s1. The van der Waals surface area contributed by atoms with Crippen molar-refractivity contribution in [3.8, 4) is 0 Å². The monoisotopic (exact) mass is 244 g/mol. The van der Waals surface area contributed by atoms with Crippen molar-refractivity contribution in [2.45, 2.75) is 19.4 Å². The SMILES string of the molecule is CC[C@H](NC(=O)c1ccnc(F)c1F)C(=O)O. The minimum Gasteiger partial charge on any atom is -0.480 e. The predicted octanol–water partition coefficient (Wildman–Crippen LogP) is 0.953. The van der Waals surface area contributed by atoms with E-state index in [4.69, 9.17) is 5.11 Å². The van der Waals surface area contributed by atoms with E-state index in [0.717, 1.165) is 12.3 Å². The van der Waals surface area contributed by atoms with Crippen molar-refractivity contribution in [3.63, 3.8) is 0 Å². The summed E-state index contributed by atoms with van der Waals surface area (Å²) in [6, 6.07) is -0.166. The molecule has 1 heterocycles. The minimum absolute atomic E-state index is 0.135. The Labute approximate surface area is 95.5 Å². The van der Waals surface area contributed by atoms with Gasteiger partial charge in [0.05, 0.1) is 5.56 Å². The van der Waals surface area contributed by atoms with Gasteiger partial charge in [-0.15, -0.1) is 0 Å². The molecule has 0 aromatic carbocycles. The van der Waals surface area contributed by atoms with E-state index in [-0.39, 0.29) is 6.42 Å². The van der Waals surface area contributed by atoms with E-state index in [1.807, 2.05) is 0 Å². The summed E-state index contributed by atoms with van der Waals surface area (Å²) in [6.45, 7) is 1.54. The van der Waals surface area contributed by atoms with Gasteiger partial charge in [0.2, 0.25) is 5.95 Å². The van der Waals surface area contributed by atoms with Crippen LogP contribution in [0.15, 0.2) is 12.3 Å². The lowest BCUT2D eigenvalue weighted by Crippen LogP contribution is -2.40. The number of aliphatic carboxylic acids is 1. The van der Waals surface area contributed by atoms with Gasteiger partial charge in [-0.3, -0.25) is 4.79 Å². The molecule has 1 aromatic rings. The molecule has 0 bridgehead atoms. The third-order valence-corrected chi connectivity index (χ3v) is 2.10. The number of hydrogen-bond acceptors (Lipinski definition) is 3. The first-order valence-electron chi connectivity index (χ1n) is 4.81. The van der Waals surface area contributed by atoms with Gasteiger partial charge in [-0.1, -0.05) is 6.92 Å². The number of rotatable bonds is 4. The summed E-state index contributed by atoms with van der Waals surface area (Å²) in [4.78, 5) is 25.2. The van der Waals surface area contributed by atoms with Crippen molar-refractivity contribution in [3.05, 3.63) is 29.6 Å². The van der Waals surface area contributed by atoms with Gasteiger partial charge in [-0.25, -0.2) is 14.2 Å². The third-order valence-electron chi connectivity index (χ3n) is 2.10. The maximum Gasteiger partial charge on any atom is 0.326 e. The fourth-order valence-corrected chi connectivity index (χ4v) is 1.17. The molecule has 1 rings (SSSR count). The number of hydrogen-bond donors (Lipinski definition) is 2. The Kier molecular flexibility index (Phi) is 4.08. The molecule has 1 amide bonds. The van der Waals surface area contributed by atoms with E-state index in [1.54, 1.807) is 6.92 Å². The highest BCUT2D eigenvalue weighted by Crippen LogP contribution is 2.09. The number of nitrogens with zero attached hydrogens (tertiary/aromatic N) is 1. The Hall–Kier alpha value is -2.05. The van der Waals surface area contributed by atoms with E-state index < -0.39 is 35.2 Å². The first-order valence-corrected chi connectivity index (χ1v) is 4.81. The first-order chi connectivity index (χ1) is 7.97. The number of carbonyl (C=O) groups is 2. The molecule has 0 unspecified atom stereocenters. The number of pyridine rings is 1. The Morgan fingerprint density at radius 1 is 1.53 bits per heavy atom. The van der Waals surface area contributed by atoms with E-state index >= 15 is 0 Å². The number of aromatic nitrogens is 1. The smallest absolute Gasteiger partial charge is 0.326 e. The van der Waals surface area contributed by atoms with Gasteiger partial charge in [-0.2, -0.15) is 4.39 Å².